The molecule has 1 aromatic rings. The lowest BCUT2D eigenvalue weighted by molar-refractivity contribution is 0.132. The maximum absolute atomic E-state index is 10.1. The third kappa shape index (κ3) is 4.52. The first-order valence-electron chi connectivity index (χ1n) is 5.51. The number of halogens is 1. The summed E-state index contributed by atoms with van der Waals surface area (Å²) in [6.07, 6.45) is -0.437. The van der Waals surface area contributed by atoms with Crippen LogP contribution in [0.4, 0.5) is 0 Å². The second-order valence-corrected chi connectivity index (χ2v) is 4.47. The van der Waals surface area contributed by atoms with Crippen molar-refractivity contribution in [3.8, 4) is 0 Å². The van der Waals surface area contributed by atoms with Gasteiger partial charge in [0.2, 0.25) is 0 Å². The Morgan fingerprint density at radius 1 is 1.06 bits per heavy atom. The van der Waals surface area contributed by atoms with Gasteiger partial charge in [-0.05, 0) is 19.4 Å². The fourth-order valence-corrected chi connectivity index (χ4v) is 1.67. The van der Waals surface area contributed by atoms with Crippen LogP contribution in [0.2, 0.25) is 0 Å². The Labute approximate surface area is 104 Å². The molecule has 0 amide bonds. The van der Waals surface area contributed by atoms with Gasteiger partial charge in [0.1, 0.15) is 0 Å². The van der Waals surface area contributed by atoms with Gasteiger partial charge < -0.3 is 10.4 Å². The number of benzene rings is 1. The summed E-state index contributed by atoms with van der Waals surface area (Å²) in [5, 5.41) is 13.4. The minimum absolute atomic E-state index is 0. The zero-order chi connectivity index (χ0) is 11.4. The van der Waals surface area contributed by atoms with Crippen LogP contribution < -0.4 is 5.32 Å². The van der Waals surface area contributed by atoms with Crippen molar-refractivity contribution in [3.05, 3.63) is 35.4 Å². The maximum atomic E-state index is 10.1. The highest BCUT2D eigenvalue weighted by Gasteiger charge is 2.16. The molecule has 0 fully saturated rings. The molecule has 0 aromatic heterocycles. The van der Waals surface area contributed by atoms with Crippen LogP contribution in [0.15, 0.2) is 24.3 Å². The Kier molecular flexibility index (Phi) is 6.65. The molecule has 0 saturated heterocycles. The van der Waals surface area contributed by atoms with E-state index in [1.54, 1.807) is 0 Å². The predicted molar refractivity (Wildman–Crippen MR) is 71.1 cm³/mol. The zero-order valence-electron chi connectivity index (χ0n) is 10.4. The first kappa shape index (κ1) is 15.4. The van der Waals surface area contributed by atoms with Crippen molar-refractivity contribution in [2.45, 2.75) is 45.9 Å². The van der Waals surface area contributed by atoms with Crippen LogP contribution in [0.3, 0.4) is 0 Å². The van der Waals surface area contributed by atoms with E-state index in [2.05, 4.69) is 19.2 Å². The molecule has 0 aliphatic rings. The van der Waals surface area contributed by atoms with E-state index < -0.39 is 6.10 Å². The minimum Gasteiger partial charge on any atom is -0.387 e. The van der Waals surface area contributed by atoms with Gasteiger partial charge in [-0.25, -0.2) is 0 Å². The van der Waals surface area contributed by atoms with Gasteiger partial charge in [-0.15, -0.1) is 12.4 Å². The van der Waals surface area contributed by atoms with Gasteiger partial charge in [-0.2, -0.15) is 0 Å². The van der Waals surface area contributed by atoms with Gasteiger partial charge >= 0.3 is 0 Å². The van der Waals surface area contributed by atoms with Crippen LogP contribution in [-0.4, -0.2) is 17.2 Å². The standard InChI is InChI=1S/C13H21NO.ClH/c1-9(2)14-11(4)13(15)12-7-5-10(3)6-8-12;/h5-9,11,13-15H,1-4H3;1H/t11-,13+;/m0./s1. The van der Waals surface area contributed by atoms with Crippen molar-refractivity contribution >= 4 is 12.4 Å². The molecule has 0 bridgehead atoms. The van der Waals surface area contributed by atoms with E-state index in [1.807, 2.05) is 38.1 Å². The van der Waals surface area contributed by atoms with E-state index in [0.29, 0.717) is 6.04 Å². The zero-order valence-corrected chi connectivity index (χ0v) is 11.2. The number of hydrogen-bond acceptors (Lipinski definition) is 2. The van der Waals surface area contributed by atoms with Crippen LogP contribution in [0.5, 0.6) is 0 Å². The quantitative estimate of drug-likeness (QED) is 0.853. The fraction of sp³-hybridized carbons (Fsp3) is 0.538. The van der Waals surface area contributed by atoms with Crippen molar-refractivity contribution in [1.82, 2.24) is 5.32 Å². The minimum atomic E-state index is -0.437. The predicted octanol–water partition coefficient (Wildman–Crippen LogP) is 2.84. The summed E-state index contributed by atoms with van der Waals surface area (Å²) in [5.41, 5.74) is 2.19. The Balaban J connectivity index is 0.00000225. The summed E-state index contributed by atoms with van der Waals surface area (Å²) in [6.45, 7) is 8.22. The molecule has 16 heavy (non-hydrogen) atoms. The summed E-state index contributed by atoms with van der Waals surface area (Å²) in [4.78, 5) is 0. The molecule has 0 spiro atoms. The van der Waals surface area contributed by atoms with Crippen molar-refractivity contribution in [2.75, 3.05) is 0 Å². The molecule has 0 heterocycles. The van der Waals surface area contributed by atoms with Gasteiger partial charge in [0.05, 0.1) is 6.10 Å². The Hall–Kier alpha value is -0.570. The molecule has 0 radical (unpaired) electrons. The summed E-state index contributed by atoms with van der Waals surface area (Å²) >= 11 is 0. The van der Waals surface area contributed by atoms with Crippen LogP contribution in [-0.2, 0) is 0 Å². The normalized spacial score (nSPS) is 14.4. The molecule has 1 aromatic carbocycles. The first-order chi connectivity index (χ1) is 7.00. The lowest BCUT2D eigenvalue weighted by Gasteiger charge is -2.22. The molecule has 92 valence electrons. The molecule has 0 unspecified atom stereocenters. The number of aryl methyl sites for hydroxylation is 1. The van der Waals surface area contributed by atoms with E-state index in [0.717, 1.165) is 5.56 Å². The fourth-order valence-electron chi connectivity index (χ4n) is 1.67. The van der Waals surface area contributed by atoms with E-state index in [-0.39, 0.29) is 18.4 Å². The number of rotatable bonds is 4. The molecule has 0 saturated carbocycles. The van der Waals surface area contributed by atoms with Gasteiger partial charge in [-0.1, -0.05) is 43.7 Å². The molecule has 3 heteroatoms. The second-order valence-electron chi connectivity index (χ2n) is 4.47. The maximum Gasteiger partial charge on any atom is 0.0940 e. The molecule has 1 rings (SSSR count). The lowest BCUT2D eigenvalue weighted by atomic mass is 10.0. The number of nitrogens with one attached hydrogen (secondary N) is 1. The number of aliphatic hydroxyl groups excluding tert-OH is 1. The van der Waals surface area contributed by atoms with Crippen LogP contribution in [0.25, 0.3) is 0 Å². The number of aliphatic hydroxyl groups is 1. The van der Waals surface area contributed by atoms with E-state index in [4.69, 9.17) is 0 Å². The smallest absolute Gasteiger partial charge is 0.0940 e. The van der Waals surface area contributed by atoms with Crippen LogP contribution in [0, 0.1) is 6.92 Å². The summed E-state index contributed by atoms with van der Waals surface area (Å²) < 4.78 is 0. The molecule has 2 atom stereocenters. The first-order valence-corrected chi connectivity index (χ1v) is 5.51. The third-order valence-electron chi connectivity index (χ3n) is 2.49. The van der Waals surface area contributed by atoms with Crippen molar-refractivity contribution in [3.63, 3.8) is 0 Å². The summed E-state index contributed by atoms with van der Waals surface area (Å²) in [7, 11) is 0. The molecular formula is C13H22ClNO. The van der Waals surface area contributed by atoms with Gasteiger partial charge in [0.15, 0.2) is 0 Å². The van der Waals surface area contributed by atoms with Crippen molar-refractivity contribution in [1.29, 1.82) is 0 Å². The monoisotopic (exact) mass is 243 g/mol. The highest BCUT2D eigenvalue weighted by Crippen LogP contribution is 2.17. The highest BCUT2D eigenvalue weighted by molar-refractivity contribution is 5.85. The van der Waals surface area contributed by atoms with E-state index in [9.17, 15) is 5.11 Å². The molecule has 0 aliphatic carbocycles. The lowest BCUT2D eigenvalue weighted by Crippen LogP contribution is -2.36. The molecule has 2 N–H and O–H groups in total. The van der Waals surface area contributed by atoms with E-state index in [1.165, 1.54) is 5.56 Å². The Morgan fingerprint density at radius 2 is 1.56 bits per heavy atom. The largest absolute Gasteiger partial charge is 0.387 e. The molecule has 0 aliphatic heterocycles. The van der Waals surface area contributed by atoms with Crippen molar-refractivity contribution in [2.24, 2.45) is 0 Å². The van der Waals surface area contributed by atoms with E-state index >= 15 is 0 Å². The SMILES string of the molecule is Cc1ccc([C@H](O)[C@H](C)NC(C)C)cc1.Cl. The average Bonchev–Trinajstić information content (AvgIpc) is 2.17. The highest BCUT2D eigenvalue weighted by atomic mass is 35.5. The second kappa shape index (κ2) is 6.89. The van der Waals surface area contributed by atoms with Crippen LogP contribution in [0.1, 0.15) is 38.0 Å². The topological polar surface area (TPSA) is 32.3 Å². The van der Waals surface area contributed by atoms with Crippen molar-refractivity contribution < 1.29 is 5.11 Å². The summed E-state index contributed by atoms with van der Waals surface area (Å²) in [5.74, 6) is 0. The van der Waals surface area contributed by atoms with Gasteiger partial charge in [-0.3, -0.25) is 0 Å². The third-order valence-corrected chi connectivity index (χ3v) is 2.49. The Bertz CT molecular complexity index is 297. The van der Waals surface area contributed by atoms with Gasteiger partial charge in [0, 0.05) is 12.1 Å². The summed E-state index contributed by atoms with van der Waals surface area (Å²) in [6, 6.07) is 8.49. The Morgan fingerprint density at radius 3 is 2.00 bits per heavy atom. The van der Waals surface area contributed by atoms with Gasteiger partial charge in [0.25, 0.3) is 0 Å². The average molecular weight is 244 g/mol. The number of hydrogen-bond donors (Lipinski definition) is 2. The molecule has 2 nitrogen and oxygen atoms in total. The van der Waals surface area contributed by atoms with Crippen LogP contribution >= 0.6 is 12.4 Å². The molecular weight excluding hydrogens is 222 g/mol.